The van der Waals surface area contributed by atoms with Gasteiger partial charge in [-0.1, -0.05) is 20.3 Å². The van der Waals surface area contributed by atoms with Gasteiger partial charge in [0.05, 0.1) is 11.2 Å². The van der Waals surface area contributed by atoms with Crippen LogP contribution >= 0.6 is 0 Å². The van der Waals surface area contributed by atoms with Crippen molar-refractivity contribution in [3.63, 3.8) is 0 Å². The smallest absolute Gasteiger partial charge is 0.306 e. The van der Waals surface area contributed by atoms with Crippen LogP contribution in [0.15, 0.2) is 0 Å². The van der Waals surface area contributed by atoms with Crippen molar-refractivity contribution in [3.8, 4) is 0 Å². The van der Waals surface area contributed by atoms with E-state index in [9.17, 15) is 13.2 Å². The zero-order valence-electron chi connectivity index (χ0n) is 11.8. The maximum absolute atomic E-state index is 12.2. The number of carboxylic acids is 1. The van der Waals surface area contributed by atoms with Crippen molar-refractivity contribution in [1.82, 2.24) is 4.72 Å². The van der Waals surface area contributed by atoms with Crippen LogP contribution < -0.4 is 4.72 Å². The molecule has 1 rings (SSSR count). The van der Waals surface area contributed by atoms with E-state index in [1.807, 2.05) is 13.8 Å². The standard InChI is InChI=1S/C13H25NO4S/c1-3-5-12(4-2)19(17,18)14-11-8-6-10(7-9-11)13(15)16/h10-12,14H,3-9H2,1-2H3,(H,15,16). The second-order valence-electron chi connectivity index (χ2n) is 5.37. The summed E-state index contributed by atoms with van der Waals surface area (Å²) < 4.78 is 27.2. The first-order chi connectivity index (χ1) is 8.90. The zero-order chi connectivity index (χ0) is 14.5. The molecule has 0 spiro atoms. The normalized spacial score (nSPS) is 26.0. The average Bonchev–Trinajstić information content (AvgIpc) is 2.35. The molecule has 5 nitrogen and oxygen atoms in total. The zero-order valence-corrected chi connectivity index (χ0v) is 12.6. The average molecular weight is 291 g/mol. The highest BCUT2D eigenvalue weighted by atomic mass is 32.2. The van der Waals surface area contributed by atoms with Gasteiger partial charge in [-0.15, -0.1) is 0 Å². The minimum absolute atomic E-state index is 0.0912. The van der Waals surface area contributed by atoms with E-state index in [4.69, 9.17) is 5.11 Å². The molecule has 0 saturated heterocycles. The fraction of sp³-hybridized carbons (Fsp3) is 0.923. The third-order valence-electron chi connectivity index (χ3n) is 3.91. The fourth-order valence-electron chi connectivity index (χ4n) is 2.69. The third kappa shape index (κ3) is 4.76. The predicted octanol–water partition coefficient (Wildman–Crippen LogP) is 2.13. The van der Waals surface area contributed by atoms with Gasteiger partial charge in [-0.3, -0.25) is 4.79 Å². The SMILES string of the molecule is CCCC(CC)S(=O)(=O)NC1CCC(C(=O)O)CC1. The van der Waals surface area contributed by atoms with Gasteiger partial charge < -0.3 is 5.11 Å². The topological polar surface area (TPSA) is 83.5 Å². The molecule has 6 heteroatoms. The number of carbonyl (C=O) groups is 1. The molecule has 0 heterocycles. The Balaban J connectivity index is 2.53. The van der Waals surface area contributed by atoms with Gasteiger partial charge in [-0.2, -0.15) is 0 Å². The van der Waals surface area contributed by atoms with Crippen LogP contribution in [0.2, 0.25) is 0 Å². The molecule has 0 aromatic rings. The summed E-state index contributed by atoms with van der Waals surface area (Å²) in [5.41, 5.74) is 0. The van der Waals surface area contributed by atoms with E-state index in [1.165, 1.54) is 0 Å². The van der Waals surface area contributed by atoms with Crippen LogP contribution in [-0.4, -0.2) is 30.8 Å². The highest BCUT2D eigenvalue weighted by Gasteiger charge is 2.30. The lowest BCUT2D eigenvalue weighted by Gasteiger charge is -2.28. The van der Waals surface area contributed by atoms with E-state index < -0.39 is 16.0 Å². The van der Waals surface area contributed by atoms with Crippen molar-refractivity contribution in [2.75, 3.05) is 0 Å². The lowest BCUT2D eigenvalue weighted by atomic mass is 9.87. The Hall–Kier alpha value is -0.620. The van der Waals surface area contributed by atoms with Crippen molar-refractivity contribution < 1.29 is 18.3 Å². The number of hydrogen-bond donors (Lipinski definition) is 2. The molecule has 0 bridgehead atoms. The highest BCUT2D eigenvalue weighted by molar-refractivity contribution is 7.90. The van der Waals surface area contributed by atoms with Crippen LogP contribution in [0.3, 0.4) is 0 Å². The maximum Gasteiger partial charge on any atom is 0.306 e. The molecule has 0 aromatic heterocycles. The van der Waals surface area contributed by atoms with Crippen molar-refractivity contribution in [2.24, 2.45) is 5.92 Å². The monoisotopic (exact) mass is 291 g/mol. The van der Waals surface area contributed by atoms with Gasteiger partial charge >= 0.3 is 5.97 Å². The Kier molecular flexibility index (Phi) is 6.26. The third-order valence-corrected chi connectivity index (χ3v) is 6.02. The molecule has 0 aromatic carbocycles. The minimum atomic E-state index is -3.27. The molecule has 1 atom stereocenters. The minimum Gasteiger partial charge on any atom is -0.481 e. The first-order valence-electron chi connectivity index (χ1n) is 7.14. The van der Waals surface area contributed by atoms with Crippen LogP contribution in [0.4, 0.5) is 0 Å². The molecular formula is C13H25NO4S. The van der Waals surface area contributed by atoms with Crippen LogP contribution in [0.5, 0.6) is 0 Å². The van der Waals surface area contributed by atoms with Gasteiger partial charge in [0, 0.05) is 6.04 Å². The molecule has 1 aliphatic rings. The van der Waals surface area contributed by atoms with Gasteiger partial charge in [0.2, 0.25) is 10.0 Å². The van der Waals surface area contributed by atoms with E-state index in [2.05, 4.69) is 4.72 Å². The molecule has 1 unspecified atom stereocenters. The largest absolute Gasteiger partial charge is 0.481 e. The maximum atomic E-state index is 12.2. The van der Waals surface area contributed by atoms with Gasteiger partial charge in [-0.05, 0) is 38.5 Å². The summed E-state index contributed by atoms with van der Waals surface area (Å²) in [5, 5.41) is 8.59. The Morgan fingerprint density at radius 3 is 2.26 bits per heavy atom. The van der Waals surface area contributed by atoms with Gasteiger partial charge in [0.15, 0.2) is 0 Å². The first-order valence-corrected chi connectivity index (χ1v) is 8.69. The summed E-state index contributed by atoms with van der Waals surface area (Å²) in [6.45, 7) is 3.87. The molecule has 0 amide bonds. The van der Waals surface area contributed by atoms with E-state index in [1.54, 1.807) is 0 Å². The highest BCUT2D eigenvalue weighted by Crippen LogP contribution is 2.25. The molecule has 0 aliphatic heterocycles. The molecule has 1 aliphatic carbocycles. The van der Waals surface area contributed by atoms with Gasteiger partial charge in [0.1, 0.15) is 0 Å². The first kappa shape index (κ1) is 16.4. The van der Waals surface area contributed by atoms with Crippen LogP contribution in [-0.2, 0) is 14.8 Å². The Labute approximate surface area is 115 Å². The predicted molar refractivity (Wildman–Crippen MR) is 74.4 cm³/mol. The number of rotatable bonds is 7. The molecule has 1 saturated carbocycles. The van der Waals surface area contributed by atoms with E-state index in [0.29, 0.717) is 38.5 Å². The summed E-state index contributed by atoms with van der Waals surface area (Å²) in [6.07, 6.45) is 4.52. The fourth-order valence-corrected chi connectivity index (χ4v) is 4.57. The van der Waals surface area contributed by atoms with Crippen molar-refractivity contribution >= 4 is 16.0 Å². The summed E-state index contributed by atoms with van der Waals surface area (Å²) in [7, 11) is -3.27. The Bertz CT molecular complexity index is 385. The molecule has 19 heavy (non-hydrogen) atoms. The van der Waals surface area contributed by atoms with Gasteiger partial charge in [0.25, 0.3) is 0 Å². The van der Waals surface area contributed by atoms with Crippen LogP contribution in [0.25, 0.3) is 0 Å². The summed E-state index contributed by atoms with van der Waals surface area (Å²) >= 11 is 0. The second kappa shape index (κ2) is 7.24. The number of sulfonamides is 1. The van der Waals surface area contributed by atoms with Crippen molar-refractivity contribution in [1.29, 1.82) is 0 Å². The summed E-state index contributed by atoms with van der Waals surface area (Å²) in [4.78, 5) is 10.8. The summed E-state index contributed by atoms with van der Waals surface area (Å²) in [5.74, 6) is -1.07. The number of hydrogen-bond acceptors (Lipinski definition) is 3. The van der Waals surface area contributed by atoms with E-state index in [0.717, 1.165) is 6.42 Å². The number of nitrogens with one attached hydrogen (secondary N) is 1. The Morgan fingerprint density at radius 2 is 1.84 bits per heavy atom. The molecule has 0 radical (unpaired) electrons. The summed E-state index contributed by atoms with van der Waals surface area (Å²) in [6, 6.07) is -0.0912. The molecule has 2 N–H and O–H groups in total. The molecule has 1 fully saturated rings. The van der Waals surface area contributed by atoms with E-state index in [-0.39, 0.29) is 17.2 Å². The molecular weight excluding hydrogens is 266 g/mol. The Morgan fingerprint density at radius 1 is 1.26 bits per heavy atom. The molecule has 112 valence electrons. The van der Waals surface area contributed by atoms with Crippen LogP contribution in [0, 0.1) is 5.92 Å². The lowest BCUT2D eigenvalue weighted by molar-refractivity contribution is -0.142. The number of aliphatic carboxylic acids is 1. The quantitative estimate of drug-likeness (QED) is 0.752. The second-order valence-corrected chi connectivity index (χ2v) is 7.36. The van der Waals surface area contributed by atoms with Crippen LogP contribution in [0.1, 0.15) is 58.8 Å². The lowest BCUT2D eigenvalue weighted by Crippen LogP contribution is -2.43. The van der Waals surface area contributed by atoms with E-state index >= 15 is 0 Å². The van der Waals surface area contributed by atoms with Gasteiger partial charge in [-0.25, -0.2) is 13.1 Å². The number of carboxylic acid groups (broad SMARTS) is 1. The van der Waals surface area contributed by atoms with Crippen molar-refractivity contribution in [3.05, 3.63) is 0 Å². The van der Waals surface area contributed by atoms with Crippen molar-refractivity contribution in [2.45, 2.75) is 70.1 Å².